The Balaban J connectivity index is 2.51. The average Bonchev–Trinajstić information content (AvgIpc) is 2.99. The van der Waals surface area contributed by atoms with Crippen molar-refractivity contribution in [3.05, 3.63) is 41.7 Å². The van der Waals surface area contributed by atoms with Crippen LogP contribution in [0.1, 0.15) is 50.1 Å². The van der Waals surface area contributed by atoms with Gasteiger partial charge in [-0.05, 0) is 26.0 Å². The molecule has 1 heterocycles. The molecule has 1 N–H and O–H groups in total. The largest absolute Gasteiger partial charge is 0.480 e. The Morgan fingerprint density at radius 3 is 2.40 bits per heavy atom. The number of hydrogen-bond donors (Lipinski definition) is 1. The van der Waals surface area contributed by atoms with Crippen molar-refractivity contribution < 1.29 is 19.1 Å². The van der Waals surface area contributed by atoms with Crippen LogP contribution in [-0.2, 0) is 4.79 Å². The van der Waals surface area contributed by atoms with E-state index in [2.05, 4.69) is 10.1 Å². The van der Waals surface area contributed by atoms with Crippen molar-refractivity contribution in [1.29, 1.82) is 0 Å². The lowest BCUT2D eigenvalue weighted by Gasteiger charge is -2.30. The van der Waals surface area contributed by atoms with Crippen molar-refractivity contribution in [2.45, 2.75) is 39.2 Å². The SMILES string of the molecule is CC(C)c1nc(C(=O)N(C)C(C)(C)C(=O)O)nn1-c1ccccc1F. The molecule has 0 spiro atoms. The summed E-state index contributed by atoms with van der Waals surface area (Å²) in [5.74, 6) is -2.18. The molecule has 2 aromatic rings. The van der Waals surface area contributed by atoms with Gasteiger partial charge in [0, 0.05) is 13.0 Å². The molecule has 1 aromatic carbocycles. The smallest absolute Gasteiger partial charge is 0.329 e. The topological polar surface area (TPSA) is 88.3 Å². The minimum Gasteiger partial charge on any atom is -0.480 e. The zero-order chi connectivity index (χ0) is 18.9. The van der Waals surface area contributed by atoms with Gasteiger partial charge in [-0.3, -0.25) is 4.79 Å². The summed E-state index contributed by atoms with van der Waals surface area (Å²) in [6.45, 7) is 6.51. The summed E-state index contributed by atoms with van der Waals surface area (Å²) < 4.78 is 15.4. The Morgan fingerprint density at radius 2 is 1.88 bits per heavy atom. The summed E-state index contributed by atoms with van der Waals surface area (Å²) >= 11 is 0. The quantitative estimate of drug-likeness (QED) is 0.897. The molecule has 0 saturated carbocycles. The third-order valence-corrected chi connectivity index (χ3v) is 4.09. The number of carboxylic acids is 1. The first kappa shape index (κ1) is 18.6. The standard InChI is InChI=1S/C17H21FN4O3/c1-10(2)14-19-13(15(23)21(5)17(3,4)16(24)25)20-22(14)12-9-7-6-8-11(12)18/h6-10H,1-5H3,(H,24,25). The van der Waals surface area contributed by atoms with Crippen LogP contribution in [0.3, 0.4) is 0 Å². The maximum absolute atomic E-state index is 14.1. The third kappa shape index (κ3) is 3.38. The molecule has 1 amide bonds. The van der Waals surface area contributed by atoms with Gasteiger partial charge in [-0.2, -0.15) is 0 Å². The van der Waals surface area contributed by atoms with Gasteiger partial charge in [0.2, 0.25) is 5.82 Å². The molecule has 7 nitrogen and oxygen atoms in total. The molecule has 2 rings (SSSR count). The highest BCUT2D eigenvalue weighted by Crippen LogP contribution is 2.21. The molecule has 134 valence electrons. The number of aliphatic carboxylic acids is 1. The van der Waals surface area contributed by atoms with Crippen molar-refractivity contribution in [2.24, 2.45) is 0 Å². The molecule has 0 bridgehead atoms. The molecule has 0 aliphatic heterocycles. The number of hydrogen-bond acceptors (Lipinski definition) is 4. The molecule has 0 aliphatic carbocycles. The van der Waals surface area contributed by atoms with E-state index in [4.69, 9.17) is 0 Å². The van der Waals surface area contributed by atoms with E-state index in [-0.39, 0.29) is 17.4 Å². The number of nitrogens with zero attached hydrogens (tertiary/aromatic N) is 4. The normalized spacial score (nSPS) is 11.6. The van der Waals surface area contributed by atoms with E-state index in [0.29, 0.717) is 5.82 Å². The first-order chi connectivity index (χ1) is 11.6. The van der Waals surface area contributed by atoms with Crippen molar-refractivity contribution >= 4 is 11.9 Å². The summed E-state index contributed by atoms with van der Waals surface area (Å²) in [6, 6.07) is 6.04. The number of carbonyl (C=O) groups excluding carboxylic acids is 1. The zero-order valence-corrected chi connectivity index (χ0v) is 14.8. The van der Waals surface area contributed by atoms with E-state index in [1.807, 2.05) is 13.8 Å². The number of likely N-dealkylation sites (N-methyl/N-ethyl adjacent to an activating group) is 1. The van der Waals surface area contributed by atoms with Gasteiger partial charge in [0.1, 0.15) is 22.9 Å². The van der Waals surface area contributed by atoms with Crippen molar-refractivity contribution in [1.82, 2.24) is 19.7 Å². The molecule has 0 radical (unpaired) electrons. The van der Waals surface area contributed by atoms with Gasteiger partial charge in [0.05, 0.1) is 0 Å². The van der Waals surface area contributed by atoms with Crippen LogP contribution < -0.4 is 0 Å². The molecule has 0 saturated heterocycles. The lowest BCUT2D eigenvalue weighted by Crippen LogP contribution is -2.51. The summed E-state index contributed by atoms with van der Waals surface area (Å²) in [7, 11) is 1.37. The van der Waals surface area contributed by atoms with Gasteiger partial charge in [0.15, 0.2) is 0 Å². The fourth-order valence-electron chi connectivity index (χ4n) is 2.14. The van der Waals surface area contributed by atoms with E-state index >= 15 is 0 Å². The zero-order valence-electron chi connectivity index (χ0n) is 14.8. The molecular formula is C17H21FN4O3. The Kier molecular flexibility index (Phi) is 4.92. The fraction of sp³-hybridized carbons (Fsp3) is 0.412. The fourth-order valence-corrected chi connectivity index (χ4v) is 2.14. The maximum Gasteiger partial charge on any atom is 0.329 e. The Bertz CT molecular complexity index is 814. The molecule has 25 heavy (non-hydrogen) atoms. The number of carbonyl (C=O) groups is 2. The minimum atomic E-state index is -1.43. The monoisotopic (exact) mass is 348 g/mol. The third-order valence-electron chi connectivity index (χ3n) is 4.09. The highest BCUT2D eigenvalue weighted by atomic mass is 19.1. The predicted octanol–water partition coefficient (Wildman–Crippen LogP) is 2.46. The van der Waals surface area contributed by atoms with Crippen molar-refractivity contribution in [3.8, 4) is 5.69 Å². The number of aromatic nitrogens is 3. The number of para-hydroxylation sites is 1. The van der Waals surface area contributed by atoms with E-state index in [1.165, 1.54) is 37.7 Å². The lowest BCUT2D eigenvalue weighted by atomic mass is 10.0. The predicted molar refractivity (Wildman–Crippen MR) is 89.2 cm³/mol. The van der Waals surface area contributed by atoms with Crippen LogP contribution in [0.5, 0.6) is 0 Å². The van der Waals surface area contributed by atoms with Gasteiger partial charge in [-0.15, -0.1) is 5.10 Å². The molecular weight excluding hydrogens is 327 g/mol. The van der Waals surface area contributed by atoms with Crippen LogP contribution in [0, 0.1) is 5.82 Å². The second-order valence-corrected chi connectivity index (χ2v) is 6.54. The minimum absolute atomic E-state index is 0.119. The molecule has 0 aliphatic rings. The second kappa shape index (κ2) is 6.62. The maximum atomic E-state index is 14.1. The van der Waals surface area contributed by atoms with Crippen LogP contribution >= 0.6 is 0 Å². The molecule has 0 fully saturated rings. The number of halogens is 1. The van der Waals surface area contributed by atoms with E-state index in [1.54, 1.807) is 12.1 Å². The van der Waals surface area contributed by atoms with E-state index in [0.717, 1.165) is 4.90 Å². The van der Waals surface area contributed by atoms with Gasteiger partial charge >= 0.3 is 5.97 Å². The summed E-state index contributed by atoms with van der Waals surface area (Å²) in [5, 5.41) is 13.4. The number of rotatable bonds is 5. The number of benzene rings is 1. The Hall–Kier alpha value is -2.77. The highest BCUT2D eigenvalue weighted by Gasteiger charge is 2.37. The summed E-state index contributed by atoms with van der Waals surface area (Å²) in [6.07, 6.45) is 0. The Labute approximate surface area is 145 Å². The lowest BCUT2D eigenvalue weighted by molar-refractivity contribution is -0.147. The van der Waals surface area contributed by atoms with Crippen LogP contribution in [0.2, 0.25) is 0 Å². The highest BCUT2D eigenvalue weighted by molar-refractivity contribution is 5.94. The van der Waals surface area contributed by atoms with Gasteiger partial charge in [0.25, 0.3) is 5.91 Å². The summed E-state index contributed by atoms with van der Waals surface area (Å²) in [4.78, 5) is 29.3. The van der Waals surface area contributed by atoms with E-state index < -0.39 is 23.2 Å². The molecule has 8 heteroatoms. The van der Waals surface area contributed by atoms with E-state index in [9.17, 15) is 19.1 Å². The molecule has 1 aromatic heterocycles. The molecule has 0 atom stereocenters. The van der Waals surface area contributed by atoms with Crippen LogP contribution in [0.25, 0.3) is 5.69 Å². The first-order valence-electron chi connectivity index (χ1n) is 7.80. The average molecular weight is 348 g/mol. The van der Waals surface area contributed by atoms with Crippen molar-refractivity contribution in [2.75, 3.05) is 7.05 Å². The first-order valence-corrected chi connectivity index (χ1v) is 7.80. The van der Waals surface area contributed by atoms with Crippen LogP contribution in [0.4, 0.5) is 4.39 Å². The van der Waals surface area contributed by atoms with Gasteiger partial charge < -0.3 is 10.0 Å². The van der Waals surface area contributed by atoms with Crippen LogP contribution in [-0.4, -0.2) is 49.2 Å². The van der Waals surface area contributed by atoms with Crippen LogP contribution in [0.15, 0.2) is 24.3 Å². The number of amides is 1. The van der Waals surface area contributed by atoms with Crippen molar-refractivity contribution in [3.63, 3.8) is 0 Å². The Morgan fingerprint density at radius 1 is 1.28 bits per heavy atom. The molecule has 0 unspecified atom stereocenters. The number of carboxylic acid groups (broad SMARTS) is 1. The second-order valence-electron chi connectivity index (χ2n) is 6.54. The summed E-state index contributed by atoms with van der Waals surface area (Å²) in [5.41, 5.74) is -1.25. The van der Waals surface area contributed by atoms with Gasteiger partial charge in [-0.1, -0.05) is 26.0 Å². The van der Waals surface area contributed by atoms with Gasteiger partial charge in [-0.25, -0.2) is 18.9 Å².